The minimum atomic E-state index is -0.886. The smallest absolute Gasteiger partial charge is 0.268 e. The molecule has 1 saturated heterocycles. The number of rotatable bonds is 4. The first kappa shape index (κ1) is 15.6. The van der Waals surface area contributed by atoms with Crippen LogP contribution in [-0.4, -0.2) is 46.9 Å². The van der Waals surface area contributed by atoms with Gasteiger partial charge < -0.3 is 21.3 Å². The molecule has 0 spiro atoms. The third kappa shape index (κ3) is 2.94. The zero-order valence-electron chi connectivity index (χ0n) is 12.5. The number of anilines is 2. The van der Waals surface area contributed by atoms with E-state index in [1.807, 2.05) is 6.92 Å². The maximum Gasteiger partial charge on any atom is 0.268 e. The summed E-state index contributed by atoms with van der Waals surface area (Å²) in [6.45, 7) is 7.20. The second-order valence-corrected chi connectivity index (χ2v) is 6.43. The van der Waals surface area contributed by atoms with Gasteiger partial charge >= 0.3 is 0 Å². The normalized spacial score (nSPS) is 17.5. The van der Waals surface area contributed by atoms with Gasteiger partial charge in [0.2, 0.25) is 5.91 Å². The summed E-state index contributed by atoms with van der Waals surface area (Å²) in [4.78, 5) is 30.7. The Morgan fingerprint density at radius 2 is 2.29 bits per heavy atom. The van der Waals surface area contributed by atoms with Crippen molar-refractivity contribution in [3.8, 4) is 0 Å². The van der Waals surface area contributed by atoms with Crippen molar-refractivity contribution in [2.75, 3.05) is 30.7 Å². The summed E-state index contributed by atoms with van der Waals surface area (Å²) in [6.07, 6.45) is 0.960. The molecule has 1 aromatic rings. The van der Waals surface area contributed by atoms with Crippen molar-refractivity contribution in [1.82, 2.24) is 15.2 Å². The number of amides is 2. The fourth-order valence-corrected chi connectivity index (χ4v) is 3.03. The van der Waals surface area contributed by atoms with E-state index < -0.39 is 5.54 Å². The summed E-state index contributed by atoms with van der Waals surface area (Å²) >= 11 is 1.23. The molecule has 0 aliphatic carbocycles. The number of nitrogen functional groups attached to an aromatic ring is 1. The molecule has 0 bridgehead atoms. The van der Waals surface area contributed by atoms with Gasteiger partial charge in [0.25, 0.3) is 5.91 Å². The van der Waals surface area contributed by atoms with Crippen molar-refractivity contribution in [2.24, 2.45) is 0 Å². The first-order valence-electron chi connectivity index (χ1n) is 6.98. The molecule has 116 valence electrons. The number of nitrogens with one attached hydrogen (secondary N) is 2. The van der Waals surface area contributed by atoms with Crippen LogP contribution in [0.5, 0.6) is 0 Å². The number of piperazine rings is 1. The standard InChI is InChI=1S/C13H21N5O2S/c1-4-5-16-12-17-9(14)8(21-12)10(19)18-7-6-15-11(20)13(18,2)3/h4-7,14H2,1-3H3,(H,15,20)(H,16,17). The average molecular weight is 311 g/mol. The van der Waals surface area contributed by atoms with Gasteiger partial charge in [-0.2, -0.15) is 0 Å². The molecule has 1 aromatic heterocycles. The molecular weight excluding hydrogens is 290 g/mol. The highest BCUT2D eigenvalue weighted by atomic mass is 32.1. The van der Waals surface area contributed by atoms with Gasteiger partial charge in [-0.05, 0) is 20.3 Å². The fraction of sp³-hybridized carbons (Fsp3) is 0.615. The lowest BCUT2D eigenvalue weighted by atomic mass is 9.98. The van der Waals surface area contributed by atoms with E-state index in [0.29, 0.717) is 23.1 Å². The van der Waals surface area contributed by atoms with Gasteiger partial charge in [0, 0.05) is 19.6 Å². The second-order valence-electron chi connectivity index (χ2n) is 5.43. The number of hydrogen-bond acceptors (Lipinski definition) is 6. The number of carbonyl (C=O) groups excluding carboxylic acids is 2. The highest BCUT2D eigenvalue weighted by Gasteiger charge is 2.41. The number of aromatic nitrogens is 1. The molecule has 0 aromatic carbocycles. The maximum atomic E-state index is 12.7. The lowest BCUT2D eigenvalue weighted by Crippen LogP contribution is -2.63. The summed E-state index contributed by atoms with van der Waals surface area (Å²) in [6, 6.07) is 0. The van der Waals surface area contributed by atoms with Crippen LogP contribution in [0.2, 0.25) is 0 Å². The van der Waals surface area contributed by atoms with E-state index in [2.05, 4.69) is 15.6 Å². The molecule has 0 saturated carbocycles. The van der Waals surface area contributed by atoms with E-state index in [4.69, 9.17) is 5.73 Å². The molecule has 1 aliphatic rings. The first-order valence-corrected chi connectivity index (χ1v) is 7.80. The summed E-state index contributed by atoms with van der Waals surface area (Å²) in [5.41, 5.74) is 4.97. The number of nitrogens with zero attached hydrogens (tertiary/aromatic N) is 2. The predicted octanol–water partition coefficient (Wildman–Crippen LogP) is 0.898. The van der Waals surface area contributed by atoms with Crippen molar-refractivity contribution >= 4 is 34.1 Å². The van der Waals surface area contributed by atoms with Crippen molar-refractivity contribution in [2.45, 2.75) is 32.7 Å². The van der Waals surface area contributed by atoms with Crippen molar-refractivity contribution in [1.29, 1.82) is 0 Å². The van der Waals surface area contributed by atoms with Crippen LogP contribution in [-0.2, 0) is 4.79 Å². The SMILES string of the molecule is CCCNc1nc(N)c(C(=O)N2CCNC(=O)C2(C)C)s1. The minimum Gasteiger partial charge on any atom is -0.382 e. The number of carbonyl (C=O) groups is 2. The highest BCUT2D eigenvalue weighted by Crippen LogP contribution is 2.29. The van der Waals surface area contributed by atoms with Gasteiger partial charge in [-0.3, -0.25) is 9.59 Å². The Morgan fingerprint density at radius 1 is 1.57 bits per heavy atom. The van der Waals surface area contributed by atoms with Crippen LogP contribution < -0.4 is 16.4 Å². The van der Waals surface area contributed by atoms with Gasteiger partial charge in [0.1, 0.15) is 16.2 Å². The van der Waals surface area contributed by atoms with Crippen LogP contribution in [0, 0.1) is 0 Å². The molecule has 0 radical (unpaired) electrons. The van der Waals surface area contributed by atoms with Crippen LogP contribution >= 0.6 is 11.3 Å². The monoisotopic (exact) mass is 311 g/mol. The Hall–Kier alpha value is -1.83. The fourth-order valence-electron chi connectivity index (χ4n) is 2.17. The lowest BCUT2D eigenvalue weighted by molar-refractivity contribution is -0.133. The Morgan fingerprint density at radius 3 is 2.95 bits per heavy atom. The lowest BCUT2D eigenvalue weighted by Gasteiger charge is -2.40. The van der Waals surface area contributed by atoms with Gasteiger partial charge in [-0.25, -0.2) is 4.98 Å². The van der Waals surface area contributed by atoms with Crippen molar-refractivity contribution in [3.63, 3.8) is 0 Å². The number of hydrogen-bond donors (Lipinski definition) is 3. The maximum absolute atomic E-state index is 12.7. The van der Waals surface area contributed by atoms with E-state index in [1.54, 1.807) is 18.7 Å². The van der Waals surface area contributed by atoms with Gasteiger partial charge in [-0.1, -0.05) is 18.3 Å². The van der Waals surface area contributed by atoms with Crippen molar-refractivity contribution < 1.29 is 9.59 Å². The van der Waals surface area contributed by atoms with E-state index in [9.17, 15) is 9.59 Å². The summed E-state index contributed by atoms with van der Waals surface area (Å²) in [7, 11) is 0. The molecule has 1 fully saturated rings. The predicted molar refractivity (Wildman–Crippen MR) is 83.4 cm³/mol. The van der Waals surface area contributed by atoms with Crippen LogP contribution in [0.25, 0.3) is 0 Å². The Labute approximate surface area is 127 Å². The summed E-state index contributed by atoms with van der Waals surface area (Å²) < 4.78 is 0. The molecule has 2 amide bonds. The van der Waals surface area contributed by atoms with Gasteiger partial charge in [0.15, 0.2) is 5.13 Å². The third-order valence-electron chi connectivity index (χ3n) is 3.47. The molecule has 0 unspecified atom stereocenters. The van der Waals surface area contributed by atoms with E-state index in [1.165, 1.54) is 11.3 Å². The summed E-state index contributed by atoms with van der Waals surface area (Å²) in [5, 5.41) is 6.52. The van der Waals surface area contributed by atoms with Crippen LogP contribution in [0.3, 0.4) is 0 Å². The molecule has 21 heavy (non-hydrogen) atoms. The molecule has 2 heterocycles. The topological polar surface area (TPSA) is 100 Å². The highest BCUT2D eigenvalue weighted by molar-refractivity contribution is 7.18. The van der Waals surface area contributed by atoms with Crippen molar-refractivity contribution in [3.05, 3.63) is 4.88 Å². The number of thiazole rings is 1. The van der Waals surface area contributed by atoms with Gasteiger partial charge in [0.05, 0.1) is 0 Å². The minimum absolute atomic E-state index is 0.158. The largest absolute Gasteiger partial charge is 0.382 e. The van der Waals surface area contributed by atoms with Crippen LogP contribution in [0.1, 0.15) is 36.9 Å². The quantitative estimate of drug-likeness (QED) is 0.767. The van der Waals surface area contributed by atoms with Gasteiger partial charge in [-0.15, -0.1) is 0 Å². The van der Waals surface area contributed by atoms with E-state index in [0.717, 1.165) is 13.0 Å². The molecule has 1 aliphatic heterocycles. The molecular formula is C13H21N5O2S. The second kappa shape index (κ2) is 5.88. The first-order chi connectivity index (χ1) is 9.87. The zero-order valence-corrected chi connectivity index (χ0v) is 13.3. The molecule has 4 N–H and O–H groups in total. The molecule has 8 heteroatoms. The van der Waals surface area contributed by atoms with E-state index >= 15 is 0 Å². The Bertz CT molecular complexity index is 555. The molecule has 2 rings (SSSR count). The zero-order chi connectivity index (χ0) is 15.6. The number of nitrogens with two attached hydrogens (primary N) is 1. The summed E-state index contributed by atoms with van der Waals surface area (Å²) in [5.74, 6) is -0.186. The third-order valence-corrected chi connectivity index (χ3v) is 4.49. The van der Waals surface area contributed by atoms with E-state index in [-0.39, 0.29) is 17.6 Å². The van der Waals surface area contributed by atoms with Crippen LogP contribution in [0.15, 0.2) is 0 Å². The Kier molecular flexibility index (Phi) is 4.36. The molecule has 7 nitrogen and oxygen atoms in total. The Balaban J connectivity index is 2.23. The average Bonchev–Trinajstić information content (AvgIpc) is 2.80. The molecule has 0 atom stereocenters. The van der Waals surface area contributed by atoms with Crippen LogP contribution in [0.4, 0.5) is 10.9 Å².